The number of hydrogen-bond acceptors (Lipinski definition) is 8. The lowest BCUT2D eigenvalue weighted by atomic mass is 9.70. The van der Waals surface area contributed by atoms with Crippen LogP contribution in [0.5, 0.6) is 0 Å². The van der Waals surface area contributed by atoms with Crippen molar-refractivity contribution in [1.29, 1.82) is 0 Å². The van der Waals surface area contributed by atoms with E-state index >= 15 is 0 Å². The molecule has 3 aliphatic carbocycles. The van der Waals surface area contributed by atoms with Gasteiger partial charge in [-0.15, -0.1) is 0 Å². The van der Waals surface area contributed by atoms with Gasteiger partial charge in [0, 0.05) is 163 Å². The Morgan fingerprint density at radius 2 is 0.538 bits per heavy atom. The lowest BCUT2D eigenvalue weighted by molar-refractivity contribution is 0.104. The van der Waals surface area contributed by atoms with Crippen LogP contribution in [0.2, 0.25) is 0 Å². The fourth-order valence-electron chi connectivity index (χ4n) is 26.4. The van der Waals surface area contributed by atoms with Crippen LogP contribution >= 0.6 is 0 Å². The van der Waals surface area contributed by atoms with E-state index in [1.165, 1.54) is 185 Å². The molecule has 14 heteroatoms. The number of benzene rings is 20. The molecule has 0 atom stereocenters. The molecule has 0 radical (unpaired) electrons. The SMILES string of the molecule is CC1(C)c2ccccc2-c2nc(-n3c4c5ccccc5ccc4c4cc5c6ccccc6n6c7ccccc7c(c43)c56)nc3cccc1c23.O=C1c2ccccc2-c2nc(-n3c4c5ccccc5ccc4c4cc5c6ccccc6n6c7ccccc7c(c43)c56)nc3cccc1c23.c1ccc2c(c1)-c1ccnc3nc(-n4c5c6ccccc6ccc5c5cc6c7ccccc7n7c8ccccc8c(c54)c67)nc-2c13. The second-order valence-corrected chi connectivity index (χ2v) is 39.5. The number of hydrogen-bond donors (Lipinski definition) is 0. The highest BCUT2D eigenvalue weighted by Crippen LogP contribution is 2.56. The molecule has 0 saturated heterocycles. The van der Waals surface area contributed by atoms with Crippen molar-refractivity contribution >= 4 is 251 Å². The van der Waals surface area contributed by atoms with E-state index in [-0.39, 0.29) is 11.2 Å². The predicted molar refractivity (Wildman–Crippen MR) is 587 cm³/mol. The van der Waals surface area contributed by atoms with Gasteiger partial charge in [-0.1, -0.05) is 329 Å². The van der Waals surface area contributed by atoms with E-state index in [1.807, 2.05) is 48.7 Å². The molecule has 20 aromatic carbocycles. The fraction of sp³-hybridized carbons (Fsp3) is 0.0233. The summed E-state index contributed by atoms with van der Waals surface area (Å²) in [5.41, 5.74) is 32.1. The molecule has 3 aliphatic rings. The summed E-state index contributed by atoms with van der Waals surface area (Å²) in [7, 11) is 0. The van der Waals surface area contributed by atoms with Gasteiger partial charge in [0.25, 0.3) is 0 Å². The Morgan fingerprint density at radius 1 is 0.210 bits per heavy atom. The van der Waals surface area contributed by atoms with Crippen molar-refractivity contribution in [3.8, 4) is 62.7 Å². The molecule has 143 heavy (non-hydrogen) atoms. The van der Waals surface area contributed by atoms with Crippen LogP contribution in [-0.2, 0) is 5.41 Å². The minimum absolute atomic E-state index is 0.0166. The van der Waals surface area contributed by atoms with E-state index in [4.69, 9.17) is 34.9 Å². The molecule has 0 fully saturated rings. The molecule has 0 saturated carbocycles. The standard InChI is InChI=1S/C45H28N4.C43H22N4O.C41H21N5/c1-45(2)33-17-8-5-15-29(33)40-39-34(45)18-11-19-35(39)46-44(47-40)49-41-26-13-4-3-12-25(26)22-23-28(41)32-24-31-27-14-6-9-20-36(27)48-37-21-10-7-16-30(37)38(42(31)48)43(32)49;48-42-28-14-4-3-13-26(28)38-36-30(42)16-9-17-33(36)44-43(45-38)47-39-24-11-2-1-10-23(24)20-21-27(39)32-22-31-25-12-5-7-18-34(25)46-35-19-8-6-15-29(35)37(40(31)46)41(32)47;1-2-10-23-22(9-1)17-18-28-31-21-30-25-12-5-7-15-32(25)45-33-16-8-6-14-29(33)35(38(30)45)39(31)46(37(23)28)41-43-36-27-13-4-3-11-24(27)26-19-20-42-40(44-41)34(26)36/h3-24H,1-2H3;1-22H;1-21H. The average Bonchev–Trinajstić information content (AvgIpc) is 1.51. The minimum Gasteiger partial charge on any atom is -0.308 e. The first kappa shape index (κ1) is 75.9. The lowest BCUT2D eigenvalue weighted by Crippen LogP contribution is -2.24. The third-order valence-corrected chi connectivity index (χ3v) is 32.2. The number of carbonyl (C=O) groups is 1. The minimum atomic E-state index is -0.161. The summed E-state index contributed by atoms with van der Waals surface area (Å²) in [6.45, 7) is 4.64. The number of fused-ring (bicyclic) bond motifs is 43. The van der Waals surface area contributed by atoms with Gasteiger partial charge in [0.15, 0.2) is 11.4 Å². The molecule has 0 unspecified atom stereocenters. The van der Waals surface area contributed by atoms with E-state index in [0.29, 0.717) is 29.0 Å². The molecular formula is C129H71N13O. The van der Waals surface area contributed by atoms with Crippen LogP contribution in [0.3, 0.4) is 0 Å². The molecule has 14 nitrogen and oxygen atoms in total. The number of aromatic nitrogens is 13. The molecule has 36 rings (SSSR count). The van der Waals surface area contributed by atoms with E-state index < -0.39 is 0 Å². The van der Waals surface area contributed by atoms with Crippen molar-refractivity contribution < 1.29 is 4.79 Å². The third-order valence-electron chi connectivity index (χ3n) is 32.2. The van der Waals surface area contributed by atoms with Crippen LogP contribution in [-0.4, -0.2) is 67.6 Å². The van der Waals surface area contributed by atoms with Crippen LogP contribution in [0.4, 0.5) is 0 Å². The quantitative estimate of drug-likeness (QED) is 0.171. The second-order valence-electron chi connectivity index (χ2n) is 39.5. The van der Waals surface area contributed by atoms with E-state index in [1.54, 1.807) is 0 Å². The topological polar surface area (TPSA) is 135 Å². The van der Waals surface area contributed by atoms with Crippen LogP contribution in [0, 0.1) is 0 Å². The van der Waals surface area contributed by atoms with Crippen molar-refractivity contribution in [1.82, 2.24) is 61.8 Å². The summed E-state index contributed by atoms with van der Waals surface area (Å²) in [5.74, 6) is 1.96. The lowest BCUT2D eigenvalue weighted by Gasteiger charge is -2.34. The summed E-state index contributed by atoms with van der Waals surface area (Å²) in [4.78, 5) is 51.0. The van der Waals surface area contributed by atoms with Gasteiger partial charge in [0.05, 0.1) is 116 Å². The Morgan fingerprint density at radius 3 is 1.00 bits per heavy atom. The van der Waals surface area contributed by atoms with Gasteiger partial charge < -0.3 is 13.2 Å². The zero-order chi connectivity index (χ0) is 93.1. The van der Waals surface area contributed by atoms with Gasteiger partial charge in [-0.05, 0) is 111 Å². The number of para-hydroxylation sites is 6. The zero-order valence-corrected chi connectivity index (χ0v) is 76.7. The normalized spacial score (nSPS) is 13.3. The van der Waals surface area contributed by atoms with Crippen LogP contribution in [0.15, 0.2) is 394 Å². The molecular weight excluding hydrogens is 1750 g/mol. The van der Waals surface area contributed by atoms with Crippen molar-refractivity contribution in [3.63, 3.8) is 0 Å². The molecule has 0 amide bonds. The highest BCUT2D eigenvalue weighted by atomic mass is 16.1. The second kappa shape index (κ2) is 27.0. The van der Waals surface area contributed by atoms with Gasteiger partial charge in [-0.3, -0.25) is 18.5 Å². The third kappa shape index (κ3) is 9.53. The Hall–Kier alpha value is -19.2. The maximum atomic E-state index is 13.6. The molecule has 0 bridgehead atoms. The maximum absolute atomic E-state index is 13.6. The number of rotatable bonds is 3. The molecule has 33 aromatic rings. The van der Waals surface area contributed by atoms with E-state index in [2.05, 4.69) is 387 Å². The van der Waals surface area contributed by atoms with Gasteiger partial charge in [-0.2, -0.15) is 4.98 Å². The van der Waals surface area contributed by atoms with Gasteiger partial charge in [0.1, 0.15) is 0 Å². The average molecular weight is 1820 g/mol. The molecule has 0 N–H and O–H groups in total. The highest BCUT2D eigenvalue weighted by Gasteiger charge is 2.39. The molecule has 13 heterocycles. The van der Waals surface area contributed by atoms with Gasteiger partial charge in [-0.25, -0.2) is 29.9 Å². The Balaban J connectivity index is 0.0000000929. The molecule has 0 spiro atoms. The summed E-state index contributed by atoms with van der Waals surface area (Å²) in [6.07, 6.45) is 1.87. The summed E-state index contributed by atoms with van der Waals surface area (Å²) >= 11 is 0. The molecule has 13 aromatic heterocycles. The van der Waals surface area contributed by atoms with Gasteiger partial charge >= 0.3 is 0 Å². The first-order chi connectivity index (χ1) is 70.7. The fourth-order valence-corrected chi connectivity index (χ4v) is 26.4. The largest absolute Gasteiger partial charge is 0.308 e. The van der Waals surface area contributed by atoms with Crippen LogP contribution < -0.4 is 0 Å². The summed E-state index contributed by atoms with van der Waals surface area (Å²) < 4.78 is 14.3. The molecule has 658 valence electrons. The first-order valence-electron chi connectivity index (χ1n) is 48.9. The maximum Gasteiger partial charge on any atom is 0.237 e. The Labute approximate surface area is 810 Å². The van der Waals surface area contributed by atoms with E-state index in [9.17, 15) is 4.79 Å². The Kier molecular flexibility index (Phi) is 14.3. The number of carbonyl (C=O) groups excluding carboxylic acids is 1. The molecule has 0 aliphatic heterocycles. The van der Waals surface area contributed by atoms with Crippen molar-refractivity contribution in [3.05, 3.63) is 417 Å². The predicted octanol–water partition coefficient (Wildman–Crippen LogP) is 31.7. The number of ketones is 1. The summed E-state index contributed by atoms with van der Waals surface area (Å²) in [6, 6.07) is 139. The highest BCUT2D eigenvalue weighted by molar-refractivity contribution is 6.40. The monoisotopic (exact) mass is 1820 g/mol. The van der Waals surface area contributed by atoms with Crippen LogP contribution in [0.25, 0.3) is 308 Å². The zero-order valence-electron chi connectivity index (χ0n) is 76.7. The summed E-state index contributed by atoms with van der Waals surface area (Å²) in [5, 5.41) is 32.1. The van der Waals surface area contributed by atoms with Crippen molar-refractivity contribution in [2.45, 2.75) is 19.3 Å². The first-order valence-corrected chi connectivity index (χ1v) is 48.9. The smallest absolute Gasteiger partial charge is 0.237 e. The van der Waals surface area contributed by atoms with Gasteiger partial charge in [0.2, 0.25) is 17.8 Å². The van der Waals surface area contributed by atoms with Crippen molar-refractivity contribution in [2.24, 2.45) is 0 Å². The number of pyridine rings is 1. The van der Waals surface area contributed by atoms with E-state index in [0.717, 1.165) is 116 Å². The Bertz CT molecular complexity index is 11700. The number of nitrogens with zero attached hydrogens (tertiary/aromatic N) is 13. The van der Waals surface area contributed by atoms with Crippen molar-refractivity contribution in [2.75, 3.05) is 0 Å². The van der Waals surface area contributed by atoms with Crippen LogP contribution in [0.1, 0.15) is 40.9 Å².